The Labute approximate surface area is 117 Å². The summed E-state index contributed by atoms with van der Waals surface area (Å²) in [5.74, 6) is 3.20. The first-order chi connectivity index (χ1) is 9.24. The van der Waals surface area contributed by atoms with E-state index in [1.54, 1.807) is 0 Å². The van der Waals surface area contributed by atoms with Crippen LogP contribution in [0, 0.1) is 17.8 Å². The second-order valence-corrected chi connectivity index (χ2v) is 6.92. The maximum absolute atomic E-state index is 5.33. The van der Waals surface area contributed by atoms with Crippen molar-refractivity contribution in [2.75, 3.05) is 6.54 Å². The van der Waals surface area contributed by atoms with Gasteiger partial charge in [0.25, 0.3) is 0 Å². The fraction of sp³-hybridized carbons (Fsp3) is 0.765. The van der Waals surface area contributed by atoms with Crippen molar-refractivity contribution in [3.8, 4) is 0 Å². The summed E-state index contributed by atoms with van der Waals surface area (Å²) in [6, 6.07) is 3.00. The third kappa shape index (κ3) is 3.22. The van der Waals surface area contributed by atoms with Gasteiger partial charge < -0.3 is 9.73 Å². The zero-order valence-corrected chi connectivity index (χ0v) is 12.3. The van der Waals surface area contributed by atoms with E-state index >= 15 is 0 Å². The lowest BCUT2D eigenvalue weighted by atomic mass is 9.68. The number of furan rings is 1. The van der Waals surface area contributed by atoms with Crippen LogP contribution in [-0.4, -0.2) is 12.6 Å². The molecule has 1 aromatic heterocycles. The topological polar surface area (TPSA) is 25.2 Å². The van der Waals surface area contributed by atoms with E-state index in [1.807, 2.05) is 12.5 Å². The summed E-state index contributed by atoms with van der Waals surface area (Å²) in [5, 5.41) is 3.73. The predicted molar refractivity (Wildman–Crippen MR) is 78.1 cm³/mol. The minimum atomic E-state index is 0.700. The van der Waals surface area contributed by atoms with Gasteiger partial charge in [0.15, 0.2) is 0 Å². The van der Waals surface area contributed by atoms with Crippen molar-refractivity contribution >= 4 is 0 Å². The van der Waals surface area contributed by atoms with Crippen LogP contribution in [0.25, 0.3) is 0 Å². The van der Waals surface area contributed by atoms with E-state index in [4.69, 9.17) is 4.42 Å². The zero-order valence-electron chi connectivity index (χ0n) is 12.3. The Bertz CT molecular complexity index is 380. The van der Waals surface area contributed by atoms with Gasteiger partial charge in [0.1, 0.15) is 0 Å². The van der Waals surface area contributed by atoms with Crippen LogP contribution in [0.3, 0.4) is 0 Å². The van der Waals surface area contributed by atoms with Crippen LogP contribution in [0.5, 0.6) is 0 Å². The molecule has 1 heterocycles. The zero-order chi connectivity index (χ0) is 13.2. The molecule has 1 aromatic rings. The molecule has 2 aliphatic carbocycles. The highest BCUT2D eigenvalue weighted by Gasteiger charge is 2.34. The van der Waals surface area contributed by atoms with Gasteiger partial charge in [-0.25, -0.2) is 0 Å². The first-order valence-corrected chi connectivity index (χ1v) is 7.99. The van der Waals surface area contributed by atoms with Crippen molar-refractivity contribution in [1.82, 2.24) is 5.32 Å². The average molecular weight is 261 g/mol. The Balaban J connectivity index is 1.67. The monoisotopic (exact) mass is 261 g/mol. The minimum absolute atomic E-state index is 0.700. The van der Waals surface area contributed by atoms with Crippen molar-refractivity contribution in [1.29, 1.82) is 0 Å². The summed E-state index contributed by atoms with van der Waals surface area (Å²) in [5.41, 5.74) is 1.42. The summed E-state index contributed by atoms with van der Waals surface area (Å²) in [7, 11) is 0. The van der Waals surface area contributed by atoms with Gasteiger partial charge in [-0.1, -0.05) is 13.8 Å². The molecule has 0 bridgehead atoms. The van der Waals surface area contributed by atoms with E-state index in [0.717, 1.165) is 23.8 Å². The molecule has 3 unspecified atom stereocenters. The van der Waals surface area contributed by atoms with E-state index in [9.17, 15) is 0 Å². The molecule has 2 heteroatoms. The van der Waals surface area contributed by atoms with Gasteiger partial charge in [-0.2, -0.15) is 0 Å². The second kappa shape index (κ2) is 5.70. The van der Waals surface area contributed by atoms with Crippen LogP contribution in [-0.2, 0) is 0 Å². The molecule has 0 aromatic carbocycles. The predicted octanol–water partition coefficient (Wildman–Crippen LogP) is 4.19. The first-order valence-electron chi connectivity index (χ1n) is 7.99. The van der Waals surface area contributed by atoms with Gasteiger partial charge >= 0.3 is 0 Å². The van der Waals surface area contributed by atoms with Crippen molar-refractivity contribution < 1.29 is 4.42 Å². The fourth-order valence-electron chi connectivity index (χ4n) is 3.62. The molecule has 2 aliphatic rings. The highest BCUT2D eigenvalue weighted by Crippen LogP contribution is 2.43. The largest absolute Gasteiger partial charge is 0.472 e. The average Bonchev–Trinajstić information content (AvgIpc) is 3.08. The van der Waals surface area contributed by atoms with Gasteiger partial charge in [0, 0.05) is 6.04 Å². The molecule has 3 rings (SSSR count). The van der Waals surface area contributed by atoms with Crippen LogP contribution in [0.4, 0.5) is 0 Å². The normalized spacial score (nSPS) is 31.8. The molecule has 2 fully saturated rings. The number of rotatable bonds is 5. The number of nitrogens with one attached hydrogen (secondary N) is 1. The highest BCUT2D eigenvalue weighted by atomic mass is 16.3. The standard InChI is InChI=1S/C17H27NO/c1-12(2)13-3-4-14(10-18-16-5-6-16)17(9-13)15-7-8-19-11-15/h7-8,11-14,16-18H,3-6,9-10H2,1-2H3. The minimum Gasteiger partial charge on any atom is -0.472 e. The van der Waals surface area contributed by atoms with Crippen molar-refractivity contribution in [3.63, 3.8) is 0 Å². The van der Waals surface area contributed by atoms with Crippen molar-refractivity contribution in [2.24, 2.45) is 17.8 Å². The Kier molecular flexibility index (Phi) is 3.97. The summed E-state index contributed by atoms with van der Waals surface area (Å²) in [6.07, 6.45) is 10.7. The SMILES string of the molecule is CC(C)C1CCC(CNC2CC2)C(c2ccoc2)C1. The van der Waals surface area contributed by atoms with Crippen LogP contribution < -0.4 is 5.32 Å². The molecule has 0 amide bonds. The molecule has 0 radical (unpaired) electrons. The van der Waals surface area contributed by atoms with E-state index in [1.165, 1.54) is 44.2 Å². The highest BCUT2D eigenvalue weighted by molar-refractivity contribution is 5.15. The lowest BCUT2D eigenvalue weighted by Gasteiger charge is -2.37. The maximum atomic E-state index is 5.33. The van der Waals surface area contributed by atoms with Crippen LogP contribution in [0.1, 0.15) is 57.4 Å². The van der Waals surface area contributed by atoms with E-state index < -0.39 is 0 Å². The quantitative estimate of drug-likeness (QED) is 0.860. The lowest BCUT2D eigenvalue weighted by Crippen LogP contribution is -2.34. The molecular weight excluding hydrogens is 234 g/mol. The van der Waals surface area contributed by atoms with Crippen LogP contribution in [0.15, 0.2) is 23.0 Å². The molecule has 2 saturated carbocycles. The Morgan fingerprint density at radius 3 is 2.74 bits per heavy atom. The lowest BCUT2D eigenvalue weighted by molar-refractivity contribution is 0.189. The summed E-state index contributed by atoms with van der Waals surface area (Å²) < 4.78 is 5.33. The number of hydrogen-bond acceptors (Lipinski definition) is 2. The molecule has 19 heavy (non-hydrogen) atoms. The van der Waals surface area contributed by atoms with Gasteiger partial charge in [-0.3, -0.25) is 0 Å². The molecule has 3 atom stereocenters. The molecule has 0 spiro atoms. The molecule has 0 saturated heterocycles. The molecule has 106 valence electrons. The van der Waals surface area contributed by atoms with Crippen LogP contribution >= 0.6 is 0 Å². The molecule has 2 nitrogen and oxygen atoms in total. The van der Waals surface area contributed by atoms with Gasteiger partial charge in [0.05, 0.1) is 12.5 Å². The Morgan fingerprint density at radius 2 is 2.11 bits per heavy atom. The molecule has 1 N–H and O–H groups in total. The van der Waals surface area contributed by atoms with Crippen molar-refractivity contribution in [3.05, 3.63) is 24.2 Å². The van der Waals surface area contributed by atoms with Gasteiger partial charge in [0.2, 0.25) is 0 Å². The molecular formula is C17H27NO. The summed E-state index contributed by atoms with van der Waals surface area (Å²) in [6.45, 7) is 5.95. The second-order valence-electron chi connectivity index (χ2n) is 6.92. The van der Waals surface area contributed by atoms with Gasteiger partial charge in [-0.15, -0.1) is 0 Å². The maximum Gasteiger partial charge on any atom is 0.0937 e. The molecule has 0 aliphatic heterocycles. The first kappa shape index (κ1) is 13.2. The summed E-state index contributed by atoms with van der Waals surface area (Å²) in [4.78, 5) is 0. The number of hydrogen-bond donors (Lipinski definition) is 1. The van der Waals surface area contributed by atoms with E-state index in [-0.39, 0.29) is 0 Å². The van der Waals surface area contributed by atoms with Crippen molar-refractivity contribution in [2.45, 2.75) is 57.9 Å². The summed E-state index contributed by atoms with van der Waals surface area (Å²) >= 11 is 0. The van der Waals surface area contributed by atoms with Crippen LogP contribution in [0.2, 0.25) is 0 Å². The van der Waals surface area contributed by atoms with E-state index in [2.05, 4.69) is 25.2 Å². The smallest absolute Gasteiger partial charge is 0.0937 e. The third-order valence-electron chi connectivity index (χ3n) is 5.19. The van der Waals surface area contributed by atoms with Gasteiger partial charge in [-0.05, 0) is 74.0 Å². The Morgan fingerprint density at radius 1 is 1.26 bits per heavy atom. The third-order valence-corrected chi connectivity index (χ3v) is 5.19. The Hall–Kier alpha value is -0.760. The fourth-order valence-corrected chi connectivity index (χ4v) is 3.62. The van der Waals surface area contributed by atoms with E-state index in [0.29, 0.717) is 5.92 Å².